The summed E-state index contributed by atoms with van der Waals surface area (Å²) in [6.45, 7) is 0. The average molecular weight is 303 g/mol. The fraction of sp³-hybridized carbons (Fsp3) is 0.0588. The standard InChI is InChI=1S/C17H13N5O/c1-22(17(23)13-5-3-2-4-6-13)16-9-7-14(8-10-16)20-21-15(11-18)12-19/h2-10,20H,1H3. The van der Waals surface area contributed by atoms with E-state index in [2.05, 4.69) is 10.5 Å². The van der Waals surface area contributed by atoms with Gasteiger partial charge in [-0.25, -0.2) is 0 Å². The van der Waals surface area contributed by atoms with Crippen molar-refractivity contribution < 1.29 is 4.79 Å². The number of carbonyl (C=O) groups excluding carboxylic acids is 1. The predicted octanol–water partition coefficient (Wildman–Crippen LogP) is 2.78. The molecule has 0 heterocycles. The van der Waals surface area contributed by atoms with Crippen molar-refractivity contribution >= 4 is 23.0 Å². The highest BCUT2D eigenvalue weighted by Crippen LogP contribution is 2.18. The molecule has 0 fully saturated rings. The maximum absolute atomic E-state index is 12.3. The number of hydrogen-bond acceptors (Lipinski definition) is 5. The minimum absolute atomic E-state index is 0.111. The van der Waals surface area contributed by atoms with Crippen LogP contribution < -0.4 is 10.3 Å². The maximum Gasteiger partial charge on any atom is 0.258 e. The molecule has 0 unspecified atom stereocenters. The van der Waals surface area contributed by atoms with Crippen LogP contribution in [0.4, 0.5) is 11.4 Å². The maximum atomic E-state index is 12.3. The van der Waals surface area contributed by atoms with E-state index < -0.39 is 0 Å². The van der Waals surface area contributed by atoms with Gasteiger partial charge in [-0.05, 0) is 36.4 Å². The Hall–Kier alpha value is -3.64. The number of carbonyl (C=O) groups is 1. The van der Waals surface area contributed by atoms with Gasteiger partial charge in [-0.3, -0.25) is 10.2 Å². The molecule has 23 heavy (non-hydrogen) atoms. The minimum atomic E-state index is -0.259. The molecule has 0 aliphatic heterocycles. The molecule has 112 valence electrons. The number of rotatable bonds is 4. The van der Waals surface area contributed by atoms with Crippen molar-refractivity contribution in [2.75, 3.05) is 17.4 Å². The predicted molar refractivity (Wildman–Crippen MR) is 87.9 cm³/mol. The van der Waals surface area contributed by atoms with Gasteiger partial charge in [0.25, 0.3) is 5.91 Å². The van der Waals surface area contributed by atoms with Gasteiger partial charge in [0, 0.05) is 18.3 Å². The summed E-state index contributed by atoms with van der Waals surface area (Å²) in [5, 5.41) is 20.9. The van der Waals surface area contributed by atoms with E-state index in [-0.39, 0.29) is 11.6 Å². The molecule has 6 nitrogen and oxygen atoms in total. The number of hydrazone groups is 1. The quantitative estimate of drug-likeness (QED) is 0.694. The molecule has 0 atom stereocenters. The van der Waals surface area contributed by atoms with Crippen molar-refractivity contribution in [2.24, 2.45) is 5.10 Å². The molecule has 0 aliphatic rings. The number of hydrogen-bond donors (Lipinski definition) is 1. The number of nitriles is 2. The van der Waals surface area contributed by atoms with Crippen LogP contribution in [0.25, 0.3) is 0 Å². The first-order valence-electron chi connectivity index (χ1n) is 6.73. The van der Waals surface area contributed by atoms with Gasteiger partial charge >= 0.3 is 0 Å². The molecule has 0 saturated heterocycles. The van der Waals surface area contributed by atoms with E-state index in [9.17, 15) is 4.79 Å². The monoisotopic (exact) mass is 303 g/mol. The van der Waals surface area contributed by atoms with Gasteiger partial charge < -0.3 is 4.90 Å². The van der Waals surface area contributed by atoms with Crippen LogP contribution in [0.5, 0.6) is 0 Å². The largest absolute Gasteiger partial charge is 0.311 e. The molecule has 1 N–H and O–H groups in total. The number of anilines is 2. The van der Waals surface area contributed by atoms with Gasteiger partial charge in [-0.15, -0.1) is 0 Å². The minimum Gasteiger partial charge on any atom is -0.311 e. The Bertz CT molecular complexity index is 782. The molecule has 6 heteroatoms. The zero-order valence-corrected chi connectivity index (χ0v) is 12.4. The SMILES string of the molecule is CN(C(=O)c1ccccc1)c1ccc(NN=C(C#N)C#N)cc1. The van der Waals surface area contributed by atoms with Crippen LogP contribution in [0, 0.1) is 22.7 Å². The fourth-order valence-electron chi connectivity index (χ4n) is 1.85. The third-order valence-electron chi connectivity index (χ3n) is 3.09. The van der Waals surface area contributed by atoms with Crippen LogP contribution in [-0.4, -0.2) is 18.7 Å². The summed E-state index contributed by atoms with van der Waals surface area (Å²) in [6, 6.07) is 19.2. The Kier molecular flexibility index (Phi) is 5.06. The van der Waals surface area contributed by atoms with Crippen molar-refractivity contribution in [2.45, 2.75) is 0 Å². The zero-order chi connectivity index (χ0) is 16.7. The molecular formula is C17H13N5O. The van der Waals surface area contributed by atoms with E-state index in [1.54, 1.807) is 60.5 Å². The van der Waals surface area contributed by atoms with Crippen LogP contribution in [0.15, 0.2) is 59.7 Å². The lowest BCUT2D eigenvalue weighted by molar-refractivity contribution is 0.0993. The second-order valence-electron chi connectivity index (χ2n) is 4.57. The molecule has 0 saturated carbocycles. The first-order valence-corrected chi connectivity index (χ1v) is 6.73. The fourth-order valence-corrected chi connectivity index (χ4v) is 1.85. The third-order valence-corrected chi connectivity index (χ3v) is 3.09. The lowest BCUT2D eigenvalue weighted by atomic mass is 10.2. The topological polar surface area (TPSA) is 92.3 Å². The molecule has 0 spiro atoms. The second-order valence-corrected chi connectivity index (χ2v) is 4.57. The smallest absolute Gasteiger partial charge is 0.258 e. The summed E-state index contributed by atoms with van der Waals surface area (Å²) in [4.78, 5) is 13.9. The van der Waals surface area contributed by atoms with E-state index in [0.717, 1.165) is 0 Å². The van der Waals surface area contributed by atoms with Crippen LogP contribution in [-0.2, 0) is 0 Å². The van der Waals surface area contributed by atoms with Crippen LogP contribution >= 0.6 is 0 Å². The average Bonchev–Trinajstić information content (AvgIpc) is 2.62. The number of benzene rings is 2. The Morgan fingerprint density at radius 1 is 1.04 bits per heavy atom. The van der Waals surface area contributed by atoms with E-state index in [1.807, 2.05) is 18.2 Å². The number of nitrogens with zero attached hydrogens (tertiary/aromatic N) is 4. The van der Waals surface area contributed by atoms with E-state index in [0.29, 0.717) is 16.9 Å². The molecule has 0 bridgehead atoms. The van der Waals surface area contributed by atoms with Gasteiger partial charge in [0.2, 0.25) is 5.71 Å². The zero-order valence-electron chi connectivity index (χ0n) is 12.4. The summed E-state index contributed by atoms with van der Waals surface area (Å²) < 4.78 is 0. The summed E-state index contributed by atoms with van der Waals surface area (Å²) in [6.07, 6.45) is 0. The molecule has 2 rings (SSSR count). The Balaban J connectivity index is 2.11. The molecular weight excluding hydrogens is 290 g/mol. The van der Waals surface area contributed by atoms with Gasteiger partial charge in [-0.2, -0.15) is 15.6 Å². The molecule has 0 aromatic heterocycles. The van der Waals surface area contributed by atoms with E-state index in [4.69, 9.17) is 10.5 Å². The van der Waals surface area contributed by atoms with Crippen LogP contribution in [0.3, 0.4) is 0 Å². The summed E-state index contributed by atoms with van der Waals surface area (Å²) >= 11 is 0. The Labute approximate surface area is 133 Å². The van der Waals surface area contributed by atoms with Crippen molar-refractivity contribution in [3.63, 3.8) is 0 Å². The second kappa shape index (κ2) is 7.39. The molecule has 2 aromatic carbocycles. The van der Waals surface area contributed by atoms with Crippen molar-refractivity contribution in [3.8, 4) is 12.1 Å². The highest BCUT2D eigenvalue weighted by Gasteiger charge is 2.12. The van der Waals surface area contributed by atoms with Crippen molar-refractivity contribution in [1.29, 1.82) is 10.5 Å². The Morgan fingerprint density at radius 2 is 1.65 bits per heavy atom. The van der Waals surface area contributed by atoms with Crippen LogP contribution in [0.1, 0.15) is 10.4 Å². The van der Waals surface area contributed by atoms with E-state index >= 15 is 0 Å². The lowest BCUT2D eigenvalue weighted by Gasteiger charge is -2.17. The lowest BCUT2D eigenvalue weighted by Crippen LogP contribution is -2.26. The van der Waals surface area contributed by atoms with Crippen molar-refractivity contribution in [1.82, 2.24) is 0 Å². The highest BCUT2D eigenvalue weighted by molar-refractivity contribution is 6.10. The number of nitrogens with one attached hydrogen (secondary N) is 1. The van der Waals surface area contributed by atoms with Crippen molar-refractivity contribution in [3.05, 3.63) is 60.2 Å². The number of amides is 1. The molecule has 0 radical (unpaired) electrons. The summed E-state index contributed by atoms with van der Waals surface area (Å²) in [7, 11) is 1.69. The Morgan fingerprint density at radius 3 is 2.22 bits per heavy atom. The van der Waals surface area contributed by atoms with Gasteiger partial charge in [0.1, 0.15) is 12.1 Å². The molecule has 0 aliphatic carbocycles. The highest BCUT2D eigenvalue weighted by atomic mass is 16.2. The van der Waals surface area contributed by atoms with E-state index in [1.165, 1.54) is 0 Å². The van der Waals surface area contributed by atoms with Gasteiger partial charge in [0.05, 0.1) is 5.69 Å². The molecule has 2 aromatic rings. The first-order chi connectivity index (χ1) is 11.2. The molecule has 1 amide bonds. The summed E-state index contributed by atoms with van der Waals surface area (Å²) in [5.41, 5.74) is 4.29. The summed E-state index contributed by atoms with van der Waals surface area (Å²) in [5.74, 6) is -0.111. The third kappa shape index (κ3) is 3.93. The van der Waals surface area contributed by atoms with Crippen LogP contribution in [0.2, 0.25) is 0 Å². The van der Waals surface area contributed by atoms with Gasteiger partial charge in [-0.1, -0.05) is 18.2 Å². The van der Waals surface area contributed by atoms with Gasteiger partial charge in [0.15, 0.2) is 0 Å². The first kappa shape index (κ1) is 15.7. The normalized spacial score (nSPS) is 9.17.